The molecule has 0 saturated heterocycles. The van der Waals surface area contributed by atoms with Crippen molar-refractivity contribution in [1.29, 1.82) is 0 Å². The van der Waals surface area contributed by atoms with Crippen molar-refractivity contribution in [1.82, 2.24) is 19.8 Å². The van der Waals surface area contributed by atoms with Crippen LogP contribution in [0.3, 0.4) is 0 Å². The molecule has 1 N–H and O–H groups in total. The van der Waals surface area contributed by atoms with Crippen molar-refractivity contribution in [2.24, 2.45) is 0 Å². The standard InChI is InChI=1S/C24H29ClN4O3/c1-4-28(5-2)13-12-26-23(30)15-22-27-20-14-18(24(31)32-3)8-11-21(20)29(22)16-17-6-9-19(25)10-7-17/h6-11,14H,4-5,12-13,15-16H2,1-3H3,(H,26,30). The van der Waals surface area contributed by atoms with Crippen LogP contribution in [0, 0.1) is 0 Å². The number of aromatic nitrogens is 2. The first-order valence-corrected chi connectivity index (χ1v) is 11.1. The average Bonchev–Trinajstić information content (AvgIpc) is 3.13. The fourth-order valence-corrected chi connectivity index (χ4v) is 3.73. The monoisotopic (exact) mass is 456 g/mol. The number of nitrogens with one attached hydrogen (secondary N) is 1. The molecule has 0 spiro atoms. The Hall–Kier alpha value is -2.90. The largest absolute Gasteiger partial charge is 0.465 e. The van der Waals surface area contributed by atoms with Crippen LogP contribution >= 0.6 is 11.6 Å². The minimum absolute atomic E-state index is 0.0852. The van der Waals surface area contributed by atoms with Crippen molar-refractivity contribution in [2.75, 3.05) is 33.3 Å². The number of hydrogen-bond donors (Lipinski definition) is 1. The highest BCUT2D eigenvalue weighted by atomic mass is 35.5. The fraction of sp³-hybridized carbons (Fsp3) is 0.375. The molecule has 1 aromatic heterocycles. The van der Waals surface area contributed by atoms with Gasteiger partial charge in [0.05, 0.1) is 30.1 Å². The Morgan fingerprint density at radius 1 is 1.12 bits per heavy atom. The summed E-state index contributed by atoms with van der Waals surface area (Å²) in [6, 6.07) is 12.8. The third kappa shape index (κ3) is 5.87. The van der Waals surface area contributed by atoms with Gasteiger partial charge in [-0.1, -0.05) is 37.6 Å². The van der Waals surface area contributed by atoms with Gasteiger partial charge >= 0.3 is 5.97 Å². The molecule has 0 fully saturated rings. The van der Waals surface area contributed by atoms with Gasteiger partial charge in [0.15, 0.2) is 0 Å². The number of nitrogens with zero attached hydrogens (tertiary/aromatic N) is 3. The van der Waals surface area contributed by atoms with Gasteiger partial charge in [0.2, 0.25) is 5.91 Å². The van der Waals surface area contributed by atoms with Crippen LogP contribution in [0.2, 0.25) is 5.02 Å². The van der Waals surface area contributed by atoms with Crippen molar-refractivity contribution in [3.05, 3.63) is 64.4 Å². The summed E-state index contributed by atoms with van der Waals surface area (Å²) in [4.78, 5) is 31.5. The van der Waals surface area contributed by atoms with Crippen LogP contribution in [0.15, 0.2) is 42.5 Å². The Kier molecular flexibility index (Phi) is 8.25. The SMILES string of the molecule is CCN(CC)CCNC(=O)Cc1nc2cc(C(=O)OC)ccc2n1Cc1ccc(Cl)cc1. The van der Waals surface area contributed by atoms with Crippen molar-refractivity contribution in [3.8, 4) is 0 Å². The number of imidazole rings is 1. The number of likely N-dealkylation sites (N-methyl/N-ethyl adjacent to an activating group) is 1. The second-order valence-electron chi connectivity index (χ2n) is 7.49. The Morgan fingerprint density at radius 2 is 1.84 bits per heavy atom. The number of benzene rings is 2. The van der Waals surface area contributed by atoms with Crippen molar-refractivity contribution < 1.29 is 14.3 Å². The van der Waals surface area contributed by atoms with E-state index < -0.39 is 5.97 Å². The van der Waals surface area contributed by atoms with Crippen LogP contribution in [0.1, 0.15) is 35.6 Å². The van der Waals surface area contributed by atoms with E-state index in [0.717, 1.165) is 30.7 Å². The minimum atomic E-state index is -0.421. The predicted molar refractivity (Wildman–Crippen MR) is 126 cm³/mol. The maximum Gasteiger partial charge on any atom is 0.337 e. The molecule has 8 heteroatoms. The number of carbonyl (C=O) groups excluding carboxylic acids is 2. The van der Waals surface area contributed by atoms with E-state index in [0.29, 0.717) is 35.0 Å². The molecule has 2 aromatic carbocycles. The number of fused-ring (bicyclic) bond motifs is 1. The maximum absolute atomic E-state index is 12.6. The molecule has 7 nitrogen and oxygen atoms in total. The molecule has 32 heavy (non-hydrogen) atoms. The van der Waals surface area contributed by atoms with Gasteiger partial charge in [0.25, 0.3) is 0 Å². The second-order valence-corrected chi connectivity index (χ2v) is 7.93. The van der Waals surface area contributed by atoms with E-state index in [9.17, 15) is 9.59 Å². The molecule has 0 atom stereocenters. The van der Waals surface area contributed by atoms with Gasteiger partial charge in [0, 0.05) is 24.7 Å². The lowest BCUT2D eigenvalue weighted by Crippen LogP contribution is -2.35. The zero-order chi connectivity index (χ0) is 23.1. The molecule has 0 bridgehead atoms. The Balaban J connectivity index is 1.85. The van der Waals surface area contributed by atoms with Crippen LogP contribution in [-0.2, 0) is 22.5 Å². The summed E-state index contributed by atoms with van der Waals surface area (Å²) in [6.45, 7) is 8.04. The van der Waals surface area contributed by atoms with Crippen LogP contribution in [-0.4, -0.2) is 59.6 Å². The summed E-state index contributed by atoms with van der Waals surface area (Å²) < 4.78 is 6.83. The quantitative estimate of drug-likeness (QED) is 0.472. The normalized spacial score (nSPS) is 11.2. The van der Waals surface area contributed by atoms with Gasteiger partial charge < -0.3 is 19.5 Å². The second kappa shape index (κ2) is 11.1. The Morgan fingerprint density at radius 3 is 2.50 bits per heavy atom. The highest BCUT2D eigenvalue weighted by Gasteiger charge is 2.17. The number of rotatable bonds is 10. The van der Waals surface area contributed by atoms with E-state index in [1.54, 1.807) is 12.1 Å². The number of halogens is 1. The van der Waals surface area contributed by atoms with Crippen LogP contribution in [0.5, 0.6) is 0 Å². The lowest BCUT2D eigenvalue weighted by molar-refractivity contribution is -0.120. The number of carbonyl (C=O) groups is 2. The van der Waals surface area contributed by atoms with Crippen LogP contribution in [0.4, 0.5) is 0 Å². The Labute approximate surface area is 193 Å². The lowest BCUT2D eigenvalue weighted by atomic mass is 10.2. The molecular weight excluding hydrogens is 428 g/mol. The summed E-state index contributed by atoms with van der Waals surface area (Å²) in [6.07, 6.45) is 0.147. The van der Waals surface area contributed by atoms with Crippen molar-refractivity contribution in [2.45, 2.75) is 26.8 Å². The summed E-state index contributed by atoms with van der Waals surface area (Å²) >= 11 is 6.02. The first kappa shape index (κ1) is 23.8. The zero-order valence-corrected chi connectivity index (χ0v) is 19.5. The highest BCUT2D eigenvalue weighted by molar-refractivity contribution is 6.30. The minimum Gasteiger partial charge on any atom is -0.465 e. The Bertz CT molecular complexity index is 1070. The van der Waals surface area contributed by atoms with E-state index in [2.05, 4.69) is 29.0 Å². The van der Waals surface area contributed by atoms with Gasteiger partial charge in [0.1, 0.15) is 5.82 Å². The van der Waals surface area contributed by atoms with Gasteiger partial charge in [-0.3, -0.25) is 4.79 Å². The molecule has 0 aliphatic heterocycles. The zero-order valence-electron chi connectivity index (χ0n) is 18.7. The molecule has 3 aromatic rings. The number of ether oxygens (including phenoxy) is 1. The molecule has 1 amide bonds. The first-order chi connectivity index (χ1) is 15.4. The molecule has 0 aliphatic carbocycles. The third-order valence-corrected chi connectivity index (χ3v) is 5.72. The number of methoxy groups -OCH3 is 1. The molecule has 0 radical (unpaired) electrons. The lowest BCUT2D eigenvalue weighted by Gasteiger charge is -2.18. The maximum atomic E-state index is 12.6. The summed E-state index contributed by atoms with van der Waals surface area (Å²) in [5.74, 6) is 0.130. The summed E-state index contributed by atoms with van der Waals surface area (Å²) in [5.41, 5.74) is 2.95. The fourth-order valence-electron chi connectivity index (χ4n) is 3.61. The molecule has 0 aliphatic rings. The average molecular weight is 457 g/mol. The molecular formula is C24H29ClN4O3. The molecule has 0 saturated carbocycles. The van der Waals surface area contributed by atoms with E-state index in [1.807, 2.05) is 34.9 Å². The third-order valence-electron chi connectivity index (χ3n) is 5.47. The van der Waals surface area contributed by atoms with Crippen molar-refractivity contribution in [3.63, 3.8) is 0 Å². The van der Waals surface area contributed by atoms with Gasteiger partial charge in [-0.05, 0) is 49.0 Å². The topological polar surface area (TPSA) is 76.5 Å². The van der Waals surface area contributed by atoms with Crippen LogP contribution < -0.4 is 5.32 Å². The van der Waals surface area contributed by atoms with Crippen molar-refractivity contribution >= 4 is 34.5 Å². The number of hydrogen-bond acceptors (Lipinski definition) is 5. The smallest absolute Gasteiger partial charge is 0.337 e. The van der Waals surface area contributed by atoms with E-state index in [-0.39, 0.29) is 12.3 Å². The number of esters is 1. The van der Waals surface area contributed by atoms with Crippen LogP contribution in [0.25, 0.3) is 11.0 Å². The summed E-state index contributed by atoms with van der Waals surface area (Å²) in [7, 11) is 1.35. The highest BCUT2D eigenvalue weighted by Crippen LogP contribution is 2.21. The molecule has 0 unspecified atom stereocenters. The van der Waals surface area contributed by atoms with Gasteiger partial charge in [-0.2, -0.15) is 0 Å². The van der Waals surface area contributed by atoms with E-state index in [1.165, 1.54) is 7.11 Å². The molecule has 170 valence electrons. The van der Waals surface area contributed by atoms with E-state index in [4.69, 9.17) is 16.3 Å². The molecule has 3 rings (SSSR count). The summed E-state index contributed by atoms with van der Waals surface area (Å²) in [5, 5.41) is 3.65. The van der Waals surface area contributed by atoms with E-state index >= 15 is 0 Å². The first-order valence-electron chi connectivity index (χ1n) is 10.8. The number of amides is 1. The van der Waals surface area contributed by atoms with Gasteiger partial charge in [-0.15, -0.1) is 0 Å². The molecule has 1 heterocycles. The van der Waals surface area contributed by atoms with Gasteiger partial charge in [-0.25, -0.2) is 9.78 Å². The predicted octanol–water partition coefficient (Wildman–Crippen LogP) is 3.53.